The fourth-order valence-electron chi connectivity index (χ4n) is 11.0. The van der Waals surface area contributed by atoms with Crippen LogP contribution in [0.5, 0.6) is 17.2 Å². The summed E-state index contributed by atoms with van der Waals surface area (Å²) in [6.45, 7) is 0.0321. The van der Waals surface area contributed by atoms with Crippen molar-refractivity contribution in [1.82, 2.24) is 4.57 Å². The number of nitrogens with one attached hydrogen (secondary N) is 2. The maximum atomic E-state index is 6.73. The van der Waals surface area contributed by atoms with E-state index < -0.39 is 0 Å². The molecule has 284 valence electrons. The number of hydrogen-bond donors (Lipinski definition) is 2. The van der Waals surface area contributed by atoms with Crippen molar-refractivity contribution in [3.8, 4) is 34.1 Å². The van der Waals surface area contributed by atoms with Crippen molar-refractivity contribution in [2.75, 3.05) is 10.6 Å². The van der Waals surface area contributed by atoms with Crippen molar-refractivity contribution in [1.29, 1.82) is 0 Å². The summed E-state index contributed by atoms with van der Waals surface area (Å²) in [5.74, 6) is 3.99. The van der Waals surface area contributed by atoms with Crippen molar-refractivity contribution in [2.24, 2.45) is 0 Å². The molecule has 14 rings (SSSR count). The predicted octanol–water partition coefficient (Wildman–Crippen LogP) is 9.73. The van der Waals surface area contributed by atoms with Gasteiger partial charge in [0.15, 0.2) is 0 Å². The zero-order chi connectivity index (χ0) is 39.8. The Morgan fingerprint density at radius 3 is 1.82 bits per heavy atom. The number of hydrogen-bond acceptors (Lipinski definition) is 4. The lowest BCUT2D eigenvalue weighted by atomic mass is 9.32. The Kier molecular flexibility index (Phi) is 6.78. The van der Waals surface area contributed by atoms with Crippen LogP contribution in [0.4, 0.5) is 22.7 Å². The van der Waals surface area contributed by atoms with E-state index in [0.717, 1.165) is 63.4 Å². The fraction of sp³-hybridized carbons (Fsp3) is 0.0370. The largest absolute Gasteiger partial charge is 0.459 e. The third-order valence-electron chi connectivity index (χ3n) is 13.7. The number of fused-ring (bicyclic) bond motifs is 10. The molecule has 0 spiro atoms. The Hall–Kier alpha value is -7.63. The second-order valence-corrected chi connectivity index (χ2v) is 16.9. The Bertz CT molecular complexity index is 3410. The highest BCUT2D eigenvalue weighted by atomic mass is 16.5. The minimum atomic E-state index is -0.0183. The summed E-state index contributed by atoms with van der Waals surface area (Å²) in [6.07, 6.45) is 5.43. The van der Waals surface area contributed by atoms with Crippen LogP contribution < -0.4 is 47.4 Å². The van der Waals surface area contributed by atoms with Crippen molar-refractivity contribution in [2.45, 2.75) is 12.3 Å². The van der Waals surface area contributed by atoms with Crippen LogP contribution in [0.2, 0.25) is 0 Å². The SMILES string of the molecule is C1=CC(c2ccccc2)CC2=C1Oc1cccc3c1B2c1cc2c4cc5c(cc4n(-c4ccccc4)c2cc1N3)Nc1cccc2c1B5c1cc(-c3ccccc3)ccc1O2. The average molecular weight is 780 g/mol. The number of anilines is 4. The number of rotatable bonds is 3. The molecule has 1 aromatic heterocycles. The molecule has 5 nitrogen and oxygen atoms in total. The summed E-state index contributed by atoms with van der Waals surface area (Å²) in [6, 6.07) is 61.6. The lowest BCUT2D eigenvalue weighted by Crippen LogP contribution is -2.58. The third-order valence-corrected chi connectivity index (χ3v) is 13.7. The van der Waals surface area contributed by atoms with Gasteiger partial charge < -0.3 is 24.7 Å². The summed E-state index contributed by atoms with van der Waals surface area (Å²) in [5.41, 5.74) is 19.0. The van der Waals surface area contributed by atoms with E-state index in [1.165, 1.54) is 65.8 Å². The molecule has 5 aliphatic rings. The summed E-state index contributed by atoms with van der Waals surface area (Å²) < 4.78 is 15.9. The highest BCUT2D eigenvalue weighted by Gasteiger charge is 2.43. The van der Waals surface area contributed by atoms with Gasteiger partial charge in [-0.2, -0.15) is 0 Å². The zero-order valence-corrected chi connectivity index (χ0v) is 33.0. The number of ether oxygens (including phenoxy) is 2. The van der Waals surface area contributed by atoms with Gasteiger partial charge in [0.2, 0.25) is 0 Å². The molecule has 1 atom stereocenters. The standard InChI is InChI=1S/C54H35B2N3O2/c1-4-12-32(13-5-1)34-22-24-49-41(26-34)55-39-28-37-38-29-40-46(58-44-19-11-21-52-54(44)56(40)42-27-35(23-25-50(42)61-52)33-14-6-2-7-15-33)31-48(38)59(36-16-8-3-9-17-36)47(37)30-45(39)57-43-18-10-20-51(60-49)53(43)55/h1-26,28-31,35,57-58H,27H2. The summed E-state index contributed by atoms with van der Waals surface area (Å²) in [5, 5.41) is 10.2. The van der Waals surface area contributed by atoms with E-state index in [9.17, 15) is 0 Å². The molecule has 0 radical (unpaired) electrons. The molecule has 1 unspecified atom stereocenters. The second-order valence-electron chi connectivity index (χ2n) is 16.9. The van der Waals surface area contributed by atoms with E-state index in [2.05, 4.69) is 197 Å². The van der Waals surface area contributed by atoms with Crippen LogP contribution in [-0.4, -0.2) is 18.0 Å². The first-order valence-electron chi connectivity index (χ1n) is 21.2. The molecule has 61 heavy (non-hydrogen) atoms. The molecule has 1 aliphatic carbocycles. The lowest BCUT2D eigenvalue weighted by molar-refractivity contribution is 0.434. The number of benzene rings is 8. The van der Waals surface area contributed by atoms with Crippen LogP contribution in [0.3, 0.4) is 0 Å². The van der Waals surface area contributed by atoms with Crippen LogP contribution in [0.15, 0.2) is 193 Å². The molecule has 0 saturated heterocycles. The minimum Gasteiger partial charge on any atom is -0.459 e. The highest BCUT2D eigenvalue weighted by molar-refractivity contribution is 6.99. The van der Waals surface area contributed by atoms with E-state index >= 15 is 0 Å². The van der Waals surface area contributed by atoms with Gasteiger partial charge in [0.1, 0.15) is 23.0 Å². The molecule has 0 bridgehead atoms. The van der Waals surface area contributed by atoms with E-state index in [0.29, 0.717) is 0 Å². The highest BCUT2D eigenvalue weighted by Crippen LogP contribution is 2.43. The van der Waals surface area contributed by atoms with Crippen LogP contribution in [0.1, 0.15) is 17.9 Å². The van der Waals surface area contributed by atoms with Gasteiger partial charge in [-0.1, -0.05) is 121 Å². The Morgan fingerprint density at radius 1 is 0.492 bits per heavy atom. The Labute approximate surface area is 353 Å². The first kappa shape index (κ1) is 33.2. The topological polar surface area (TPSA) is 47.5 Å². The van der Waals surface area contributed by atoms with Crippen molar-refractivity contribution >= 4 is 85.3 Å². The van der Waals surface area contributed by atoms with Crippen LogP contribution in [0, 0.1) is 0 Å². The van der Waals surface area contributed by atoms with Gasteiger partial charge in [0.05, 0.1) is 11.0 Å². The molecule has 0 fully saturated rings. The van der Waals surface area contributed by atoms with E-state index in [4.69, 9.17) is 9.47 Å². The van der Waals surface area contributed by atoms with Crippen LogP contribution in [0.25, 0.3) is 38.6 Å². The van der Waals surface area contributed by atoms with Gasteiger partial charge in [0, 0.05) is 45.1 Å². The number of para-hydroxylation sites is 1. The molecule has 7 heteroatoms. The summed E-state index contributed by atoms with van der Waals surface area (Å²) in [7, 11) is 0. The molecule has 0 amide bonds. The van der Waals surface area contributed by atoms with Crippen LogP contribution >= 0.6 is 0 Å². The number of aromatic nitrogens is 1. The van der Waals surface area contributed by atoms with E-state index in [1.54, 1.807) is 0 Å². The second kappa shape index (κ2) is 12.4. The lowest BCUT2D eigenvalue weighted by Gasteiger charge is -2.37. The molecule has 9 aromatic rings. The van der Waals surface area contributed by atoms with Gasteiger partial charge in [-0.25, -0.2) is 0 Å². The Balaban J connectivity index is 1.01. The Morgan fingerprint density at radius 2 is 1.11 bits per heavy atom. The third kappa shape index (κ3) is 4.80. The van der Waals surface area contributed by atoms with Crippen molar-refractivity contribution in [3.63, 3.8) is 0 Å². The molecule has 0 saturated carbocycles. The minimum absolute atomic E-state index is 0.0183. The first-order valence-corrected chi connectivity index (χ1v) is 21.2. The van der Waals surface area contributed by atoms with Gasteiger partial charge in [-0.05, 0) is 117 Å². The smallest absolute Gasteiger partial charge is 0.256 e. The quantitative estimate of drug-likeness (QED) is 0.176. The monoisotopic (exact) mass is 779 g/mol. The zero-order valence-electron chi connectivity index (χ0n) is 33.0. The first-order chi connectivity index (χ1) is 30.2. The molecule has 2 N–H and O–H groups in total. The maximum Gasteiger partial charge on any atom is 0.256 e. The van der Waals surface area contributed by atoms with Gasteiger partial charge in [-0.3, -0.25) is 0 Å². The van der Waals surface area contributed by atoms with E-state index in [-0.39, 0.29) is 19.3 Å². The molecular weight excluding hydrogens is 744 g/mol. The van der Waals surface area contributed by atoms with Crippen LogP contribution in [-0.2, 0) is 0 Å². The molecule has 5 heterocycles. The predicted molar refractivity (Wildman–Crippen MR) is 252 cm³/mol. The number of nitrogens with zero attached hydrogens (tertiary/aromatic N) is 1. The molecular formula is C54H35B2N3O2. The number of allylic oxidation sites excluding steroid dienone is 3. The fourth-order valence-corrected chi connectivity index (χ4v) is 11.0. The van der Waals surface area contributed by atoms with Crippen molar-refractivity contribution < 1.29 is 9.47 Å². The molecule has 8 aromatic carbocycles. The van der Waals surface area contributed by atoms with E-state index in [1.807, 2.05) is 0 Å². The molecule has 4 aliphatic heterocycles. The summed E-state index contributed by atoms with van der Waals surface area (Å²) >= 11 is 0. The average Bonchev–Trinajstić information content (AvgIpc) is 3.62. The normalized spacial score (nSPS) is 16.0. The van der Waals surface area contributed by atoms with Gasteiger partial charge >= 0.3 is 0 Å². The van der Waals surface area contributed by atoms with Gasteiger partial charge in [-0.15, -0.1) is 0 Å². The van der Waals surface area contributed by atoms with Crippen molar-refractivity contribution in [3.05, 3.63) is 199 Å². The maximum absolute atomic E-state index is 6.73. The summed E-state index contributed by atoms with van der Waals surface area (Å²) in [4.78, 5) is 0. The van der Waals surface area contributed by atoms with Gasteiger partial charge in [0.25, 0.3) is 13.4 Å².